The number of nitriles is 2. The van der Waals surface area contributed by atoms with E-state index in [1.807, 2.05) is 0 Å². The van der Waals surface area contributed by atoms with Gasteiger partial charge in [0.15, 0.2) is 0 Å². The van der Waals surface area contributed by atoms with Crippen LogP contribution >= 0.6 is 0 Å². The maximum Gasteiger partial charge on any atom is 4.00 e. The fraction of sp³-hybridized carbons (Fsp3) is 0. The number of hydrogen-bond acceptors (Lipinski definition) is 6. The molecule has 0 N–H and O–H groups in total. The van der Waals surface area contributed by atoms with Crippen LogP contribution in [-0.2, 0) is 21.7 Å². The molecule has 0 saturated carbocycles. The Morgan fingerprint density at radius 2 is 1.00 bits per heavy atom. The van der Waals surface area contributed by atoms with Gasteiger partial charge in [-0.1, -0.05) is 35.8 Å². The predicted molar refractivity (Wildman–Crippen MR) is 60.1 cm³/mol. The zero-order valence-electron chi connectivity index (χ0n) is 10.5. The molecule has 0 spiro atoms. The summed E-state index contributed by atoms with van der Waals surface area (Å²) < 4.78 is 0. The molecule has 100 valence electrons. The first-order valence-corrected chi connectivity index (χ1v) is 5.25. The summed E-state index contributed by atoms with van der Waals surface area (Å²) in [5.41, 5.74) is -0.181. The van der Waals surface area contributed by atoms with Crippen molar-refractivity contribution in [2.45, 2.75) is 0 Å². The molecule has 7 heteroatoms. The molecule has 2 aromatic rings. The van der Waals surface area contributed by atoms with Crippen LogP contribution < -0.4 is 20.4 Å². The molecule has 0 radical (unpaired) electrons. The van der Waals surface area contributed by atoms with Gasteiger partial charge in [-0.15, -0.1) is 11.5 Å². The average Bonchev–Trinajstić information content (AvgIpc) is 2.45. The first-order valence-electron chi connectivity index (χ1n) is 5.25. The number of rotatable bonds is 0. The van der Waals surface area contributed by atoms with Gasteiger partial charge in [0.2, 0.25) is 0 Å². The second-order valence-corrected chi connectivity index (χ2v) is 3.49. The quantitative estimate of drug-likeness (QED) is 0.595. The standard InChI is InChI=1S/2C7H5NO2.Ti/c2*8-4-5-2-1-3-6(9)7(5)10;/h2*1-3,9-10H;/q;;+4/p-4. The summed E-state index contributed by atoms with van der Waals surface area (Å²) in [7, 11) is 0. The van der Waals surface area contributed by atoms with Crippen molar-refractivity contribution >= 4 is 0 Å². The molecule has 0 unspecified atom stereocenters. The number of benzene rings is 2. The van der Waals surface area contributed by atoms with Crippen molar-refractivity contribution in [3.63, 3.8) is 0 Å². The number of hydrogen-bond donors (Lipinski definition) is 0. The Morgan fingerprint density at radius 3 is 1.24 bits per heavy atom. The molecule has 0 aromatic heterocycles. The van der Waals surface area contributed by atoms with Crippen molar-refractivity contribution in [1.29, 1.82) is 10.5 Å². The van der Waals surface area contributed by atoms with E-state index in [2.05, 4.69) is 0 Å². The predicted octanol–water partition coefficient (Wildman–Crippen LogP) is -0.592. The second-order valence-electron chi connectivity index (χ2n) is 3.49. The summed E-state index contributed by atoms with van der Waals surface area (Å²) >= 11 is 0. The second kappa shape index (κ2) is 8.49. The normalized spacial score (nSPS) is 8.29. The Morgan fingerprint density at radius 1 is 0.667 bits per heavy atom. The summed E-state index contributed by atoms with van der Waals surface area (Å²) in [6.45, 7) is 0. The van der Waals surface area contributed by atoms with E-state index in [0.29, 0.717) is 0 Å². The van der Waals surface area contributed by atoms with E-state index < -0.39 is 23.0 Å². The van der Waals surface area contributed by atoms with Gasteiger partial charge >= 0.3 is 21.7 Å². The van der Waals surface area contributed by atoms with Gasteiger partial charge in [-0.05, 0) is 12.1 Å². The van der Waals surface area contributed by atoms with E-state index >= 15 is 0 Å². The maximum atomic E-state index is 10.7. The van der Waals surface area contributed by atoms with Gasteiger partial charge in [0.1, 0.15) is 0 Å². The van der Waals surface area contributed by atoms with Crippen LogP contribution in [-0.4, -0.2) is 0 Å². The van der Waals surface area contributed by atoms with Crippen molar-refractivity contribution < 1.29 is 42.1 Å². The molecule has 0 heterocycles. The maximum absolute atomic E-state index is 10.7. The third kappa shape index (κ3) is 4.74. The molecule has 0 saturated heterocycles. The van der Waals surface area contributed by atoms with Gasteiger partial charge in [0, 0.05) is 11.1 Å². The first kappa shape index (κ1) is 18.3. The number of para-hydroxylation sites is 2. The molecule has 21 heavy (non-hydrogen) atoms. The molecule has 0 bridgehead atoms. The Labute approximate surface area is 135 Å². The van der Waals surface area contributed by atoms with Crippen molar-refractivity contribution in [3.05, 3.63) is 47.5 Å². The van der Waals surface area contributed by atoms with Gasteiger partial charge in [-0.2, -0.15) is 10.5 Å². The zero-order chi connectivity index (χ0) is 15.1. The smallest absolute Gasteiger partial charge is 0.873 e. The van der Waals surface area contributed by atoms with E-state index in [4.69, 9.17) is 10.5 Å². The first-order chi connectivity index (χ1) is 9.51. The minimum absolute atomic E-state index is 0. The largest absolute Gasteiger partial charge is 4.00 e. The van der Waals surface area contributed by atoms with E-state index in [9.17, 15) is 20.4 Å². The molecule has 0 fully saturated rings. The monoisotopic (exact) mass is 314 g/mol. The van der Waals surface area contributed by atoms with E-state index in [1.165, 1.54) is 24.3 Å². The minimum atomic E-state index is -0.718. The van der Waals surface area contributed by atoms with Gasteiger partial charge in [-0.3, -0.25) is 0 Å². The van der Waals surface area contributed by atoms with E-state index in [-0.39, 0.29) is 32.8 Å². The molecular formula is C14H6N2O4Ti. The Kier molecular flexibility index (Phi) is 7.42. The molecule has 0 aliphatic carbocycles. The topological polar surface area (TPSA) is 140 Å². The molecule has 0 amide bonds. The Bertz CT molecular complexity index is 644. The average molecular weight is 314 g/mol. The SMILES string of the molecule is N#Cc1cccc([O-])c1[O-].N#Cc1cccc([O-])c1[O-].[Ti+4]. The summed E-state index contributed by atoms with van der Waals surface area (Å²) in [5, 5.41) is 58.9. The Balaban J connectivity index is 0.000000364. The molecule has 2 aromatic carbocycles. The fourth-order valence-corrected chi connectivity index (χ4v) is 1.21. The summed E-state index contributed by atoms with van der Waals surface area (Å²) in [5.74, 6) is -2.69. The van der Waals surface area contributed by atoms with Crippen LogP contribution in [0, 0.1) is 22.7 Å². The molecule has 0 aliphatic heterocycles. The van der Waals surface area contributed by atoms with Crippen LogP contribution in [0.15, 0.2) is 36.4 Å². The van der Waals surface area contributed by atoms with Gasteiger partial charge in [-0.25, -0.2) is 0 Å². The van der Waals surface area contributed by atoms with Crippen LogP contribution in [0.4, 0.5) is 0 Å². The third-order valence-corrected chi connectivity index (χ3v) is 2.20. The van der Waals surface area contributed by atoms with Crippen LogP contribution in [0.25, 0.3) is 0 Å². The van der Waals surface area contributed by atoms with Crippen molar-refractivity contribution in [2.75, 3.05) is 0 Å². The number of nitrogens with zero attached hydrogens (tertiary/aromatic N) is 2. The van der Waals surface area contributed by atoms with Crippen LogP contribution in [0.5, 0.6) is 23.0 Å². The van der Waals surface area contributed by atoms with Crippen LogP contribution in [0.3, 0.4) is 0 Å². The van der Waals surface area contributed by atoms with Crippen molar-refractivity contribution in [2.24, 2.45) is 0 Å². The van der Waals surface area contributed by atoms with E-state index in [1.54, 1.807) is 12.1 Å². The van der Waals surface area contributed by atoms with Gasteiger partial charge in [0.25, 0.3) is 0 Å². The minimum Gasteiger partial charge on any atom is -0.873 e. The summed E-state index contributed by atoms with van der Waals surface area (Å²) in [4.78, 5) is 0. The summed E-state index contributed by atoms with van der Waals surface area (Å²) in [6, 6.07) is 11.0. The molecular weight excluding hydrogens is 308 g/mol. The van der Waals surface area contributed by atoms with Crippen LogP contribution in [0.2, 0.25) is 0 Å². The third-order valence-electron chi connectivity index (χ3n) is 2.20. The molecule has 0 atom stereocenters. The van der Waals surface area contributed by atoms with Gasteiger partial charge < -0.3 is 20.4 Å². The van der Waals surface area contributed by atoms with Crippen LogP contribution in [0.1, 0.15) is 11.1 Å². The fourth-order valence-electron chi connectivity index (χ4n) is 1.21. The van der Waals surface area contributed by atoms with Crippen molar-refractivity contribution in [1.82, 2.24) is 0 Å². The molecule has 2 rings (SSSR count). The molecule has 6 nitrogen and oxygen atoms in total. The van der Waals surface area contributed by atoms with E-state index in [0.717, 1.165) is 12.1 Å². The van der Waals surface area contributed by atoms with Gasteiger partial charge in [0.05, 0.1) is 12.1 Å². The Hall–Kier alpha value is -2.67. The van der Waals surface area contributed by atoms with Crippen molar-refractivity contribution in [3.8, 4) is 35.1 Å². The summed E-state index contributed by atoms with van der Waals surface area (Å²) in [6.07, 6.45) is 0. The molecule has 0 aliphatic rings. The zero-order valence-corrected chi connectivity index (χ0v) is 12.1.